The van der Waals surface area contributed by atoms with Gasteiger partial charge in [0.1, 0.15) is 11.5 Å². The predicted octanol–water partition coefficient (Wildman–Crippen LogP) is 7.72. The van der Waals surface area contributed by atoms with Crippen molar-refractivity contribution in [3.05, 3.63) is 76.3 Å². The molecule has 4 nitrogen and oxygen atoms in total. The van der Waals surface area contributed by atoms with E-state index in [0.29, 0.717) is 33.0 Å². The molecule has 3 aromatic rings. The lowest BCUT2D eigenvalue weighted by Gasteiger charge is -2.17. The highest BCUT2D eigenvalue weighted by molar-refractivity contribution is 6.32. The molecule has 0 N–H and O–H groups in total. The van der Waals surface area contributed by atoms with Crippen LogP contribution in [0.25, 0.3) is 0 Å². The summed E-state index contributed by atoms with van der Waals surface area (Å²) >= 11 is 12.5. The second-order valence-corrected chi connectivity index (χ2v) is 7.47. The number of para-hydroxylation sites is 1. The third-order valence-electron chi connectivity index (χ3n) is 4.41. The summed E-state index contributed by atoms with van der Waals surface area (Å²) in [5.41, 5.74) is 1.58. The van der Waals surface area contributed by atoms with Crippen LogP contribution in [0.2, 0.25) is 10.0 Å². The van der Waals surface area contributed by atoms with E-state index >= 15 is 0 Å². The second kappa shape index (κ2) is 10.4. The van der Waals surface area contributed by atoms with E-state index in [1.165, 1.54) is 0 Å². The Bertz CT molecular complexity index is 1020. The fourth-order valence-electron chi connectivity index (χ4n) is 2.62. The first-order valence-electron chi connectivity index (χ1n) is 9.61. The Labute approximate surface area is 187 Å². The first-order valence-corrected chi connectivity index (χ1v) is 10.4. The Balaban J connectivity index is 1.74. The number of rotatable bonds is 8. The summed E-state index contributed by atoms with van der Waals surface area (Å²) in [5.74, 6) is 2.41. The molecule has 0 aliphatic heterocycles. The highest BCUT2D eigenvalue weighted by Crippen LogP contribution is 2.37. The number of hydrogen-bond acceptors (Lipinski definition) is 4. The molecule has 0 fully saturated rings. The molecule has 0 saturated carbocycles. The number of hydrogen-bond donors (Lipinski definition) is 0. The third kappa shape index (κ3) is 5.68. The quantitative estimate of drug-likeness (QED) is 0.334. The zero-order chi connectivity index (χ0) is 21.5. The maximum absolute atomic E-state index is 6.41. The molecular formula is C24H23Cl2NO3. The van der Waals surface area contributed by atoms with Crippen molar-refractivity contribution in [3.63, 3.8) is 0 Å². The summed E-state index contributed by atoms with van der Waals surface area (Å²) in [4.78, 5) is 4.50. The van der Waals surface area contributed by atoms with Gasteiger partial charge in [-0.3, -0.25) is 4.99 Å². The van der Waals surface area contributed by atoms with Crippen LogP contribution in [0.15, 0.2) is 65.7 Å². The molecule has 30 heavy (non-hydrogen) atoms. The van der Waals surface area contributed by atoms with E-state index in [0.717, 1.165) is 17.7 Å². The summed E-state index contributed by atoms with van der Waals surface area (Å²) in [5, 5.41) is 1.05. The molecule has 0 amide bonds. The van der Waals surface area contributed by atoms with Crippen LogP contribution in [0.1, 0.15) is 25.8 Å². The van der Waals surface area contributed by atoms with Gasteiger partial charge in [0.2, 0.25) is 0 Å². The fourth-order valence-corrected chi connectivity index (χ4v) is 3.05. The van der Waals surface area contributed by atoms with E-state index in [1.807, 2.05) is 55.5 Å². The van der Waals surface area contributed by atoms with Crippen molar-refractivity contribution >= 4 is 35.1 Å². The summed E-state index contributed by atoms with van der Waals surface area (Å²) in [6, 6.07) is 18.4. The topological polar surface area (TPSA) is 40.0 Å². The Kier molecular flexibility index (Phi) is 7.61. The smallest absolute Gasteiger partial charge is 0.180 e. The van der Waals surface area contributed by atoms with Gasteiger partial charge >= 0.3 is 0 Å². The normalized spacial score (nSPS) is 12.0. The zero-order valence-electron chi connectivity index (χ0n) is 17.1. The second-order valence-electron chi connectivity index (χ2n) is 6.66. The molecule has 1 atom stereocenters. The molecule has 0 radical (unpaired) electrons. The molecule has 0 aliphatic rings. The predicted molar refractivity (Wildman–Crippen MR) is 124 cm³/mol. The van der Waals surface area contributed by atoms with Gasteiger partial charge in [-0.25, -0.2) is 0 Å². The zero-order valence-corrected chi connectivity index (χ0v) is 18.6. The number of aliphatic imine (C=N–C) groups is 1. The van der Waals surface area contributed by atoms with Crippen molar-refractivity contribution in [2.75, 3.05) is 7.11 Å². The lowest BCUT2D eigenvalue weighted by atomic mass is 10.2. The fraction of sp³-hybridized carbons (Fsp3) is 0.208. The monoisotopic (exact) mass is 443 g/mol. The molecule has 0 saturated heterocycles. The van der Waals surface area contributed by atoms with E-state index in [9.17, 15) is 0 Å². The maximum Gasteiger partial charge on any atom is 0.180 e. The molecule has 3 aromatic carbocycles. The van der Waals surface area contributed by atoms with Crippen molar-refractivity contribution < 1.29 is 14.2 Å². The van der Waals surface area contributed by atoms with Crippen molar-refractivity contribution in [2.24, 2.45) is 4.99 Å². The van der Waals surface area contributed by atoms with Gasteiger partial charge in [-0.1, -0.05) is 42.3 Å². The van der Waals surface area contributed by atoms with Crippen molar-refractivity contribution in [1.29, 1.82) is 0 Å². The Morgan fingerprint density at radius 2 is 1.70 bits per heavy atom. The Morgan fingerprint density at radius 1 is 0.967 bits per heavy atom. The first-order chi connectivity index (χ1) is 14.5. The molecule has 0 unspecified atom stereocenters. The number of benzene rings is 3. The molecule has 0 aliphatic carbocycles. The van der Waals surface area contributed by atoms with Crippen LogP contribution >= 0.6 is 23.2 Å². The molecule has 6 heteroatoms. The molecule has 3 rings (SSSR count). The average molecular weight is 444 g/mol. The standard InChI is InChI=1S/C24H23Cl2NO3/c1-4-16(2)29-24-21(26)13-17(14-23(24)28-3)15-27-18-9-11-19(12-10-18)30-22-8-6-5-7-20(22)25/h5-16H,4H2,1-3H3/t16-/m0/s1. The summed E-state index contributed by atoms with van der Waals surface area (Å²) in [6.07, 6.45) is 2.65. The van der Waals surface area contributed by atoms with Gasteiger partial charge in [0.15, 0.2) is 11.5 Å². The minimum atomic E-state index is 0.0439. The number of nitrogens with zero attached hydrogens (tertiary/aromatic N) is 1. The van der Waals surface area contributed by atoms with E-state index in [2.05, 4.69) is 11.9 Å². The van der Waals surface area contributed by atoms with Gasteiger partial charge < -0.3 is 14.2 Å². The van der Waals surface area contributed by atoms with Crippen LogP contribution in [-0.4, -0.2) is 19.4 Å². The van der Waals surface area contributed by atoms with Crippen LogP contribution < -0.4 is 14.2 Å². The molecular weight excluding hydrogens is 421 g/mol. The van der Waals surface area contributed by atoms with Gasteiger partial charge in [0, 0.05) is 6.21 Å². The van der Waals surface area contributed by atoms with Gasteiger partial charge in [0.25, 0.3) is 0 Å². The van der Waals surface area contributed by atoms with E-state index in [1.54, 1.807) is 25.5 Å². The number of ether oxygens (including phenoxy) is 3. The SMILES string of the molecule is CC[C@H](C)Oc1c(Cl)cc(C=Nc2ccc(Oc3ccccc3Cl)cc2)cc1OC. The van der Waals surface area contributed by atoms with E-state index < -0.39 is 0 Å². The van der Waals surface area contributed by atoms with Crippen molar-refractivity contribution in [3.8, 4) is 23.0 Å². The minimum absolute atomic E-state index is 0.0439. The summed E-state index contributed by atoms with van der Waals surface area (Å²) in [6.45, 7) is 4.04. The Hall–Kier alpha value is -2.69. The number of halogens is 2. The van der Waals surface area contributed by atoms with Crippen LogP contribution in [0.4, 0.5) is 5.69 Å². The molecule has 0 heterocycles. The largest absolute Gasteiger partial charge is 0.493 e. The summed E-state index contributed by atoms with van der Waals surface area (Å²) in [7, 11) is 1.59. The average Bonchev–Trinajstić information content (AvgIpc) is 2.76. The highest BCUT2D eigenvalue weighted by Gasteiger charge is 2.14. The van der Waals surface area contributed by atoms with E-state index in [4.69, 9.17) is 37.4 Å². The molecule has 0 aromatic heterocycles. The lowest BCUT2D eigenvalue weighted by molar-refractivity contribution is 0.208. The third-order valence-corrected chi connectivity index (χ3v) is 5.00. The van der Waals surface area contributed by atoms with Gasteiger partial charge in [0.05, 0.1) is 28.9 Å². The Morgan fingerprint density at radius 3 is 2.37 bits per heavy atom. The van der Waals surface area contributed by atoms with Crippen LogP contribution in [-0.2, 0) is 0 Å². The molecule has 0 bridgehead atoms. The van der Waals surface area contributed by atoms with Crippen LogP contribution in [0.3, 0.4) is 0 Å². The summed E-state index contributed by atoms with van der Waals surface area (Å²) < 4.78 is 17.1. The molecule has 156 valence electrons. The molecule has 0 spiro atoms. The maximum atomic E-state index is 6.41. The first kappa shape index (κ1) is 22.0. The van der Waals surface area contributed by atoms with Crippen molar-refractivity contribution in [2.45, 2.75) is 26.4 Å². The highest BCUT2D eigenvalue weighted by atomic mass is 35.5. The van der Waals surface area contributed by atoms with E-state index in [-0.39, 0.29) is 6.10 Å². The van der Waals surface area contributed by atoms with Gasteiger partial charge in [-0.2, -0.15) is 0 Å². The van der Waals surface area contributed by atoms with Gasteiger partial charge in [-0.15, -0.1) is 0 Å². The number of methoxy groups -OCH3 is 1. The van der Waals surface area contributed by atoms with Crippen LogP contribution in [0, 0.1) is 0 Å². The minimum Gasteiger partial charge on any atom is -0.493 e. The van der Waals surface area contributed by atoms with Crippen LogP contribution in [0.5, 0.6) is 23.0 Å². The van der Waals surface area contributed by atoms with Gasteiger partial charge in [-0.05, 0) is 67.4 Å². The lowest BCUT2D eigenvalue weighted by Crippen LogP contribution is -2.11. The van der Waals surface area contributed by atoms with Crippen molar-refractivity contribution in [1.82, 2.24) is 0 Å².